The minimum atomic E-state index is -0.488. The lowest BCUT2D eigenvalue weighted by Gasteiger charge is -2.27. The van der Waals surface area contributed by atoms with Gasteiger partial charge in [-0.3, -0.25) is 19.4 Å². The maximum absolute atomic E-state index is 12.6. The number of aromatic nitrogens is 2. The van der Waals surface area contributed by atoms with Gasteiger partial charge < -0.3 is 20.3 Å². The molecule has 1 aliphatic rings. The number of hydrogen-bond acceptors (Lipinski definition) is 6. The molecule has 1 aliphatic heterocycles. The molecule has 2 aromatic rings. The van der Waals surface area contributed by atoms with Crippen molar-refractivity contribution in [3.63, 3.8) is 0 Å². The number of hydrogen-bond donors (Lipinski definition) is 3. The van der Waals surface area contributed by atoms with E-state index in [1.54, 1.807) is 31.2 Å². The number of H-pyrrole nitrogens is 1. The highest BCUT2D eigenvalue weighted by molar-refractivity contribution is 5.95. The van der Waals surface area contributed by atoms with E-state index in [0.717, 1.165) is 0 Å². The molecule has 3 rings (SSSR count). The number of amides is 2. The molecule has 9 nitrogen and oxygen atoms in total. The van der Waals surface area contributed by atoms with Crippen molar-refractivity contribution in [3.05, 3.63) is 45.9 Å². The Balaban J connectivity index is 1.55. The lowest BCUT2D eigenvalue weighted by atomic mass is 9.95. The Hall–Kier alpha value is -3.20. The Morgan fingerprint density at radius 3 is 2.25 bits per heavy atom. The molecule has 9 heteroatoms. The second-order valence-corrected chi connectivity index (χ2v) is 8.88. The average Bonchev–Trinajstić information content (AvgIpc) is 2.74. The topological polar surface area (TPSA) is 116 Å². The lowest BCUT2D eigenvalue weighted by Crippen LogP contribution is -2.38. The molecule has 1 saturated heterocycles. The summed E-state index contributed by atoms with van der Waals surface area (Å²) in [7, 11) is 0. The summed E-state index contributed by atoms with van der Waals surface area (Å²) >= 11 is 0. The maximum Gasteiger partial charge on any atom is 0.255 e. The van der Waals surface area contributed by atoms with Crippen LogP contribution < -0.4 is 21.1 Å². The maximum atomic E-state index is 12.6. The summed E-state index contributed by atoms with van der Waals surface area (Å²) in [6.07, 6.45) is 0.453. The molecular weight excluding hydrogens is 410 g/mol. The van der Waals surface area contributed by atoms with Crippen LogP contribution in [0.5, 0.6) is 0 Å². The third kappa shape index (κ3) is 6.16. The first-order valence-electron chi connectivity index (χ1n) is 10.8. The number of rotatable bonds is 6. The molecule has 0 atom stereocenters. The van der Waals surface area contributed by atoms with Crippen molar-refractivity contribution < 1.29 is 14.3 Å². The highest BCUT2D eigenvalue weighted by Crippen LogP contribution is 2.19. The van der Waals surface area contributed by atoms with Crippen LogP contribution in [0.4, 0.5) is 17.3 Å². The molecule has 0 bridgehead atoms. The Kier molecular flexibility index (Phi) is 7.29. The van der Waals surface area contributed by atoms with E-state index in [1.165, 1.54) is 0 Å². The molecular formula is C23H31N5O4. The van der Waals surface area contributed by atoms with Gasteiger partial charge in [-0.1, -0.05) is 20.8 Å². The van der Waals surface area contributed by atoms with E-state index >= 15 is 0 Å². The van der Waals surface area contributed by atoms with E-state index in [4.69, 9.17) is 4.74 Å². The molecule has 172 valence electrons. The number of nitrogens with zero attached hydrogens (tertiary/aromatic N) is 2. The van der Waals surface area contributed by atoms with Crippen LogP contribution in [-0.2, 0) is 20.7 Å². The molecule has 2 heterocycles. The van der Waals surface area contributed by atoms with Gasteiger partial charge in [0.15, 0.2) is 0 Å². The van der Waals surface area contributed by atoms with Crippen LogP contribution in [0.25, 0.3) is 0 Å². The highest BCUT2D eigenvalue weighted by atomic mass is 16.5. The number of morpholine rings is 1. The largest absolute Gasteiger partial charge is 0.378 e. The third-order valence-electron chi connectivity index (χ3n) is 5.23. The Bertz CT molecular complexity index is 1020. The second kappa shape index (κ2) is 9.95. The average molecular weight is 442 g/mol. The molecule has 1 aromatic heterocycles. The van der Waals surface area contributed by atoms with Gasteiger partial charge >= 0.3 is 0 Å². The summed E-state index contributed by atoms with van der Waals surface area (Å²) in [6.45, 7) is 9.89. The van der Waals surface area contributed by atoms with E-state index in [2.05, 4.69) is 20.6 Å². The molecule has 0 spiro atoms. The van der Waals surface area contributed by atoms with Gasteiger partial charge in [-0.05, 0) is 37.6 Å². The van der Waals surface area contributed by atoms with Gasteiger partial charge in [-0.25, -0.2) is 4.98 Å². The molecule has 1 aromatic carbocycles. The number of benzene rings is 1. The Morgan fingerprint density at radius 1 is 1.09 bits per heavy atom. The first-order chi connectivity index (χ1) is 15.1. The van der Waals surface area contributed by atoms with Crippen molar-refractivity contribution in [1.82, 2.24) is 9.97 Å². The van der Waals surface area contributed by atoms with E-state index < -0.39 is 5.41 Å². The number of ether oxygens (including phenoxy) is 1. The van der Waals surface area contributed by atoms with Crippen molar-refractivity contribution in [2.45, 2.75) is 40.5 Å². The van der Waals surface area contributed by atoms with Crippen LogP contribution >= 0.6 is 0 Å². The summed E-state index contributed by atoms with van der Waals surface area (Å²) in [5.74, 6) is 0.262. The molecule has 2 amide bonds. The molecule has 0 aliphatic carbocycles. The molecule has 3 N–H and O–H groups in total. The smallest absolute Gasteiger partial charge is 0.255 e. The van der Waals surface area contributed by atoms with Crippen LogP contribution in [0.2, 0.25) is 0 Å². The van der Waals surface area contributed by atoms with Crippen molar-refractivity contribution in [3.8, 4) is 0 Å². The standard InChI is InChI=1S/C23H31N5O4/c1-15-18(20(30)27-22(24-15)28-11-13-32-14-12-28)9-10-19(29)25-16-5-7-17(8-6-16)26-21(31)23(2,3)4/h5-8H,9-14H2,1-4H3,(H,25,29)(H,26,31)(H,24,27,30). The van der Waals surface area contributed by atoms with Crippen molar-refractivity contribution >= 4 is 29.1 Å². The van der Waals surface area contributed by atoms with Gasteiger partial charge in [0.2, 0.25) is 17.8 Å². The van der Waals surface area contributed by atoms with Crippen molar-refractivity contribution in [2.24, 2.45) is 5.41 Å². The quantitative estimate of drug-likeness (QED) is 0.634. The molecule has 0 radical (unpaired) electrons. The van der Waals surface area contributed by atoms with Crippen LogP contribution in [-0.4, -0.2) is 48.1 Å². The number of aryl methyl sites for hydroxylation is 1. The SMILES string of the molecule is Cc1nc(N2CCOCC2)[nH]c(=O)c1CCC(=O)Nc1ccc(NC(=O)C(C)(C)C)cc1. The van der Waals surface area contributed by atoms with Crippen LogP contribution in [0.1, 0.15) is 38.4 Å². The minimum absolute atomic E-state index is 0.0804. The fourth-order valence-electron chi connectivity index (χ4n) is 3.23. The van der Waals surface area contributed by atoms with Gasteiger partial charge in [0.25, 0.3) is 5.56 Å². The van der Waals surface area contributed by atoms with Gasteiger partial charge in [-0.2, -0.15) is 0 Å². The molecule has 0 unspecified atom stereocenters. The van der Waals surface area contributed by atoms with Gasteiger partial charge in [0.1, 0.15) is 0 Å². The first kappa shape index (κ1) is 23.5. The number of carbonyl (C=O) groups is 2. The summed E-state index contributed by atoms with van der Waals surface area (Å²) in [5.41, 5.74) is 1.72. The predicted octanol–water partition coefficient (Wildman–Crippen LogP) is 2.47. The summed E-state index contributed by atoms with van der Waals surface area (Å²) in [5, 5.41) is 5.66. The monoisotopic (exact) mass is 441 g/mol. The number of aromatic amines is 1. The number of anilines is 3. The van der Waals surface area contributed by atoms with Crippen LogP contribution in [0.3, 0.4) is 0 Å². The predicted molar refractivity (Wildman–Crippen MR) is 124 cm³/mol. The fourth-order valence-corrected chi connectivity index (χ4v) is 3.23. The molecule has 0 saturated carbocycles. The van der Waals surface area contributed by atoms with Crippen molar-refractivity contribution in [2.75, 3.05) is 41.8 Å². The van der Waals surface area contributed by atoms with E-state index in [-0.39, 0.29) is 23.8 Å². The molecule has 1 fully saturated rings. The van der Waals surface area contributed by atoms with Crippen LogP contribution in [0, 0.1) is 12.3 Å². The fraction of sp³-hybridized carbons (Fsp3) is 0.478. The van der Waals surface area contributed by atoms with E-state index in [9.17, 15) is 14.4 Å². The van der Waals surface area contributed by atoms with E-state index in [0.29, 0.717) is 61.3 Å². The van der Waals surface area contributed by atoms with Crippen molar-refractivity contribution in [1.29, 1.82) is 0 Å². The Morgan fingerprint density at radius 2 is 1.69 bits per heavy atom. The zero-order valence-corrected chi connectivity index (χ0v) is 19.1. The third-order valence-corrected chi connectivity index (χ3v) is 5.23. The normalized spacial score (nSPS) is 14.2. The van der Waals surface area contributed by atoms with Crippen LogP contribution in [0.15, 0.2) is 29.1 Å². The number of carbonyl (C=O) groups excluding carboxylic acids is 2. The zero-order valence-electron chi connectivity index (χ0n) is 19.1. The van der Waals surface area contributed by atoms with Gasteiger partial charge in [-0.15, -0.1) is 0 Å². The molecule has 32 heavy (non-hydrogen) atoms. The summed E-state index contributed by atoms with van der Waals surface area (Å²) < 4.78 is 5.33. The lowest BCUT2D eigenvalue weighted by molar-refractivity contribution is -0.123. The zero-order chi connectivity index (χ0) is 23.3. The first-order valence-corrected chi connectivity index (χ1v) is 10.8. The second-order valence-electron chi connectivity index (χ2n) is 8.88. The minimum Gasteiger partial charge on any atom is -0.378 e. The summed E-state index contributed by atoms with van der Waals surface area (Å²) in [6, 6.07) is 6.94. The van der Waals surface area contributed by atoms with Gasteiger partial charge in [0, 0.05) is 47.6 Å². The van der Waals surface area contributed by atoms with Gasteiger partial charge in [0.05, 0.1) is 13.2 Å². The van der Waals surface area contributed by atoms with E-state index in [1.807, 2.05) is 25.7 Å². The summed E-state index contributed by atoms with van der Waals surface area (Å²) in [4.78, 5) is 46.3. The number of nitrogens with one attached hydrogen (secondary N) is 3. The highest BCUT2D eigenvalue weighted by Gasteiger charge is 2.21. The Labute approximate surface area is 187 Å².